The van der Waals surface area contributed by atoms with Crippen molar-refractivity contribution >= 4 is 23.4 Å². The van der Waals surface area contributed by atoms with E-state index in [2.05, 4.69) is 41.2 Å². The molecule has 0 aliphatic carbocycles. The fourth-order valence-corrected chi connectivity index (χ4v) is 3.23. The Kier molecular flexibility index (Phi) is 5.61. The maximum Gasteiger partial charge on any atom is 0.223 e. The molecular weight excluding hydrogens is 352 g/mol. The minimum Gasteiger partial charge on any atom is -0.439 e. The normalized spacial score (nSPS) is 10.7. The Morgan fingerprint density at radius 1 is 0.960 bits per heavy atom. The summed E-state index contributed by atoms with van der Waals surface area (Å²) in [5.41, 5.74) is 4.35. The van der Waals surface area contributed by atoms with Gasteiger partial charge in [-0.25, -0.2) is 4.98 Å². The van der Waals surface area contributed by atoms with Crippen LogP contribution in [0.25, 0.3) is 0 Å². The molecule has 5 heteroatoms. The molecule has 3 nitrogen and oxygen atoms in total. The first-order chi connectivity index (χ1) is 12.0. The van der Waals surface area contributed by atoms with Crippen LogP contribution in [0.5, 0.6) is 11.6 Å². The predicted molar refractivity (Wildman–Crippen MR) is 104 cm³/mol. The van der Waals surface area contributed by atoms with Gasteiger partial charge < -0.3 is 4.74 Å². The predicted octanol–water partition coefficient (Wildman–Crippen LogP) is 6.14. The van der Waals surface area contributed by atoms with Crippen molar-refractivity contribution in [3.05, 3.63) is 75.9 Å². The van der Waals surface area contributed by atoms with Gasteiger partial charge in [0.25, 0.3) is 0 Å². The van der Waals surface area contributed by atoms with E-state index in [1.807, 2.05) is 38.1 Å². The van der Waals surface area contributed by atoms with Gasteiger partial charge in [-0.1, -0.05) is 53.2 Å². The second-order valence-corrected chi connectivity index (χ2v) is 7.27. The van der Waals surface area contributed by atoms with Crippen LogP contribution in [0.15, 0.2) is 53.7 Å². The summed E-state index contributed by atoms with van der Waals surface area (Å²) >= 11 is 7.66. The van der Waals surface area contributed by atoms with Gasteiger partial charge in [-0.05, 0) is 50.1 Å². The molecule has 25 heavy (non-hydrogen) atoms. The fourth-order valence-electron chi connectivity index (χ4n) is 2.26. The number of ether oxygens (including phenoxy) is 1. The van der Waals surface area contributed by atoms with Gasteiger partial charge >= 0.3 is 0 Å². The molecule has 0 bridgehead atoms. The van der Waals surface area contributed by atoms with Gasteiger partial charge in [0.05, 0.1) is 0 Å². The molecule has 0 amide bonds. The van der Waals surface area contributed by atoms with Crippen molar-refractivity contribution in [3.63, 3.8) is 0 Å². The highest BCUT2D eigenvalue weighted by Gasteiger charge is 2.07. The summed E-state index contributed by atoms with van der Waals surface area (Å²) in [7, 11) is 0. The number of hydrogen-bond acceptors (Lipinski definition) is 4. The maximum atomic E-state index is 6.06. The highest BCUT2D eigenvalue weighted by atomic mass is 35.5. The lowest BCUT2D eigenvalue weighted by atomic mass is 10.2. The molecule has 0 radical (unpaired) electrons. The van der Waals surface area contributed by atoms with Crippen molar-refractivity contribution in [1.29, 1.82) is 0 Å². The molecule has 2 aromatic carbocycles. The standard InChI is InChI=1S/C20H19ClN2OS/c1-13-4-6-16(7-5-13)12-25-20-22-15(3)11-19(23-20)24-17-8-9-18(21)14(2)10-17/h4-11H,12H2,1-3H3. The van der Waals surface area contributed by atoms with Crippen molar-refractivity contribution in [2.45, 2.75) is 31.7 Å². The smallest absolute Gasteiger partial charge is 0.223 e. The topological polar surface area (TPSA) is 35.0 Å². The maximum absolute atomic E-state index is 6.06. The minimum absolute atomic E-state index is 0.542. The second-order valence-electron chi connectivity index (χ2n) is 5.92. The summed E-state index contributed by atoms with van der Waals surface area (Å²) in [6.45, 7) is 5.98. The van der Waals surface area contributed by atoms with Crippen molar-refractivity contribution < 1.29 is 4.74 Å². The van der Waals surface area contributed by atoms with Crippen LogP contribution in [-0.4, -0.2) is 9.97 Å². The molecule has 0 aliphatic rings. The van der Waals surface area contributed by atoms with Crippen LogP contribution in [0.1, 0.15) is 22.4 Å². The number of aromatic nitrogens is 2. The van der Waals surface area contributed by atoms with Crippen LogP contribution in [0.3, 0.4) is 0 Å². The molecular formula is C20H19ClN2OS. The minimum atomic E-state index is 0.542. The zero-order chi connectivity index (χ0) is 17.8. The Morgan fingerprint density at radius 3 is 2.44 bits per heavy atom. The molecule has 0 spiro atoms. The van der Waals surface area contributed by atoms with Gasteiger partial charge in [0, 0.05) is 22.5 Å². The number of rotatable bonds is 5. The number of benzene rings is 2. The van der Waals surface area contributed by atoms with E-state index < -0.39 is 0 Å². The van der Waals surface area contributed by atoms with E-state index in [0.717, 1.165) is 27.8 Å². The van der Waals surface area contributed by atoms with E-state index in [9.17, 15) is 0 Å². The number of halogens is 1. The molecule has 0 saturated heterocycles. The number of nitrogens with zero attached hydrogens (tertiary/aromatic N) is 2. The van der Waals surface area contributed by atoms with Gasteiger partial charge in [0.2, 0.25) is 5.88 Å². The largest absolute Gasteiger partial charge is 0.439 e. The molecule has 3 rings (SSSR count). The van der Waals surface area contributed by atoms with Crippen LogP contribution in [-0.2, 0) is 5.75 Å². The molecule has 128 valence electrons. The Hall–Kier alpha value is -2.04. The molecule has 3 aromatic rings. The van der Waals surface area contributed by atoms with Gasteiger partial charge in [-0.3, -0.25) is 0 Å². The Balaban J connectivity index is 1.73. The molecule has 0 atom stereocenters. The van der Waals surface area contributed by atoms with E-state index >= 15 is 0 Å². The lowest BCUT2D eigenvalue weighted by Crippen LogP contribution is -1.95. The average Bonchev–Trinajstić information content (AvgIpc) is 2.57. The van der Waals surface area contributed by atoms with Crippen LogP contribution in [0.4, 0.5) is 0 Å². The number of thioether (sulfide) groups is 1. The summed E-state index contributed by atoms with van der Waals surface area (Å²) < 4.78 is 5.88. The summed E-state index contributed by atoms with van der Waals surface area (Å²) in [4.78, 5) is 9.00. The first-order valence-corrected chi connectivity index (χ1v) is 9.34. The third-order valence-electron chi connectivity index (χ3n) is 3.65. The Labute approximate surface area is 157 Å². The number of aryl methyl sites for hydroxylation is 3. The average molecular weight is 371 g/mol. The van der Waals surface area contributed by atoms with E-state index in [0.29, 0.717) is 11.0 Å². The quantitative estimate of drug-likeness (QED) is 0.399. The SMILES string of the molecule is Cc1ccc(CSc2nc(C)cc(Oc3ccc(Cl)c(C)c3)n2)cc1. The molecule has 0 fully saturated rings. The lowest BCUT2D eigenvalue weighted by Gasteiger charge is -2.09. The lowest BCUT2D eigenvalue weighted by molar-refractivity contribution is 0.454. The van der Waals surface area contributed by atoms with Crippen molar-refractivity contribution in [2.75, 3.05) is 0 Å². The molecule has 0 aliphatic heterocycles. The fraction of sp³-hybridized carbons (Fsp3) is 0.200. The second kappa shape index (κ2) is 7.89. The third kappa shape index (κ3) is 4.97. The first-order valence-electron chi connectivity index (χ1n) is 7.97. The number of hydrogen-bond donors (Lipinski definition) is 0. The monoisotopic (exact) mass is 370 g/mol. The van der Waals surface area contributed by atoms with Gasteiger partial charge in [0.1, 0.15) is 5.75 Å². The van der Waals surface area contributed by atoms with Crippen LogP contribution in [0.2, 0.25) is 5.02 Å². The first kappa shape index (κ1) is 17.8. The zero-order valence-corrected chi connectivity index (χ0v) is 16.0. The summed E-state index contributed by atoms with van der Waals surface area (Å²) in [6, 6.07) is 15.9. The summed E-state index contributed by atoms with van der Waals surface area (Å²) in [5.74, 6) is 2.08. The molecule has 0 unspecified atom stereocenters. The highest BCUT2D eigenvalue weighted by Crippen LogP contribution is 2.27. The summed E-state index contributed by atoms with van der Waals surface area (Å²) in [6.07, 6.45) is 0. The Morgan fingerprint density at radius 2 is 1.72 bits per heavy atom. The van der Waals surface area contributed by atoms with E-state index in [1.54, 1.807) is 11.8 Å². The molecule has 0 N–H and O–H groups in total. The highest BCUT2D eigenvalue weighted by molar-refractivity contribution is 7.98. The molecule has 1 aromatic heterocycles. The summed E-state index contributed by atoms with van der Waals surface area (Å²) in [5, 5.41) is 1.43. The van der Waals surface area contributed by atoms with Crippen molar-refractivity contribution in [3.8, 4) is 11.6 Å². The van der Waals surface area contributed by atoms with Crippen molar-refractivity contribution in [2.24, 2.45) is 0 Å². The van der Waals surface area contributed by atoms with Crippen LogP contribution >= 0.6 is 23.4 Å². The molecule has 1 heterocycles. The Bertz CT molecular complexity index is 881. The zero-order valence-electron chi connectivity index (χ0n) is 14.4. The van der Waals surface area contributed by atoms with Gasteiger partial charge in [0.15, 0.2) is 5.16 Å². The van der Waals surface area contributed by atoms with Gasteiger partial charge in [-0.2, -0.15) is 4.98 Å². The van der Waals surface area contributed by atoms with Crippen molar-refractivity contribution in [1.82, 2.24) is 9.97 Å². The van der Waals surface area contributed by atoms with Gasteiger partial charge in [-0.15, -0.1) is 0 Å². The third-order valence-corrected chi connectivity index (χ3v) is 4.99. The van der Waals surface area contributed by atoms with Crippen LogP contribution < -0.4 is 4.74 Å². The molecule has 0 saturated carbocycles. The van der Waals surface area contributed by atoms with Crippen LogP contribution in [0, 0.1) is 20.8 Å². The van der Waals surface area contributed by atoms with E-state index in [1.165, 1.54) is 11.1 Å². The van der Waals surface area contributed by atoms with E-state index in [4.69, 9.17) is 16.3 Å². The van der Waals surface area contributed by atoms with E-state index in [-0.39, 0.29) is 0 Å².